The molecule has 1 fully saturated rings. The summed E-state index contributed by atoms with van der Waals surface area (Å²) in [5.74, 6) is 1.71. The zero-order valence-corrected chi connectivity index (χ0v) is 22.4. The molecule has 0 bridgehead atoms. The number of anilines is 1. The van der Waals surface area contributed by atoms with Gasteiger partial charge in [0.2, 0.25) is 5.91 Å². The molecule has 1 amide bonds. The molecule has 2 N–H and O–H groups in total. The number of benzene rings is 2. The number of pyridine rings is 1. The van der Waals surface area contributed by atoms with Crippen LogP contribution < -0.4 is 15.4 Å². The number of piperidine rings is 1. The number of nitrogens with one attached hydrogen (secondary N) is 2. The van der Waals surface area contributed by atoms with Crippen LogP contribution >= 0.6 is 0 Å². The summed E-state index contributed by atoms with van der Waals surface area (Å²) in [6, 6.07) is 19.3. The quantitative estimate of drug-likeness (QED) is 0.350. The highest BCUT2D eigenvalue weighted by atomic mass is 16.5. The van der Waals surface area contributed by atoms with Gasteiger partial charge >= 0.3 is 0 Å². The third-order valence-electron chi connectivity index (χ3n) is 6.67. The molecule has 3 aromatic rings. The molecule has 2 heterocycles. The predicted octanol–water partition coefficient (Wildman–Crippen LogP) is 6.42. The number of carbonyl (C=O) groups is 2. The first-order chi connectivity index (χ1) is 17.5. The second-order valence-corrected chi connectivity index (χ2v) is 11.4. The van der Waals surface area contributed by atoms with Crippen LogP contribution in [-0.2, 0) is 11.4 Å². The van der Waals surface area contributed by atoms with E-state index < -0.39 is 0 Å². The van der Waals surface area contributed by atoms with Crippen molar-refractivity contribution in [2.45, 2.75) is 71.6 Å². The van der Waals surface area contributed by atoms with E-state index in [1.54, 1.807) is 12.3 Å². The third-order valence-corrected chi connectivity index (χ3v) is 6.67. The summed E-state index contributed by atoms with van der Waals surface area (Å²) in [4.78, 5) is 28.5. The Morgan fingerprint density at radius 1 is 0.973 bits per heavy atom. The number of ketones is 1. The molecular formula is C31H37N3O3. The lowest BCUT2D eigenvalue weighted by atomic mass is 9.74. The number of carbonyl (C=O) groups excluding carboxylic acids is 2. The van der Waals surface area contributed by atoms with E-state index in [-0.39, 0.29) is 22.8 Å². The first-order valence-corrected chi connectivity index (χ1v) is 12.9. The molecule has 37 heavy (non-hydrogen) atoms. The third kappa shape index (κ3) is 7.49. The molecule has 6 heteroatoms. The number of rotatable bonds is 8. The fourth-order valence-electron chi connectivity index (χ4n) is 5.60. The Morgan fingerprint density at radius 3 is 2.30 bits per heavy atom. The Balaban J connectivity index is 1.34. The minimum atomic E-state index is -0.150. The molecule has 0 atom stereocenters. The first-order valence-electron chi connectivity index (χ1n) is 12.9. The molecule has 2 aromatic carbocycles. The average molecular weight is 500 g/mol. The number of hydrogen-bond acceptors (Lipinski definition) is 5. The zero-order valence-electron chi connectivity index (χ0n) is 22.4. The summed E-state index contributed by atoms with van der Waals surface area (Å²) in [5.41, 5.74) is 3.76. The van der Waals surface area contributed by atoms with Gasteiger partial charge in [0.15, 0.2) is 5.78 Å². The van der Waals surface area contributed by atoms with Crippen molar-refractivity contribution in [3.63, 3.8) is 0 Å². The van der Waals surface area contributed by atoms with Gasteiger partial charge in [-0.15, -0.1) is 0 Å². The van der Waals surface area contributed by atoms with Gasteiger partial charge in [-0.3, -0.25) is 9.59 Å². The highest BCUT2D eigenvalue weighted by Crippen LogP contribution is 2.35. The van der Waals surface area contributed by atoms with Crippen LogP contribution in [0.5, 0.6) is 5.75 Å². The van der Waals surface area contributed by atoms with Crippen LogP contribution in [0.3, 0.4) is 0 Å². The highest BCUT2D eigenvalue weighted by Gasteiger charge is 2.38. The molecule has 1 aromatic heterocycles. The molecule has 1 aliphatic rings. The second-order valence-electron chi connectivity index (χ2n) is 11.4. The average Bonchev–Trinajstić information content (AvgIpc) is 2.81. The number of amides is 1. The fraction of sp³-hybridized carbons (Fsp3) is 0.387. The van der Waals surface area contributed by atoms with E-state index in [0.29, 0.717) is 24.8 Å². The molecule has 6 nitrogen and oxygen atoms in total. The van der Waals surface area contributed by atoms with Gasteiger partial charge in [0.05, 0.1) is 0 Å². The summed E-state index contributed by atoms with van der Waals surface area (Å²) in [5, 5.41) is 6.36. The molecular weight excluding hydrogens is 462 g/mol. The Kier molecular flexibility index (Phi) is 7.79. The Bertz CT molecular complexity index is 1230. The van der Waals surface area contributed by atoms with Crippen molar-refractivity contribution < 1.29 is 14.3 Å². The Hall–Kier alpha value is -3.51. The summed E-state index contributed by atoms with van der Waals surface area (Å²) in [7, 11) is 0. The van der Waals surface area contributed by atoms with Gasteiger partial charge in [0.25, 0.3) is 0 Å². The van der Waals surface area contributed by atoms with Gasteiger partial charge in [-0.25, -0.2) is 4.98 Å². The summed E-state index contributed by atoms with van der Waals surface area (Å²) in [6.07, 6.45) is 4.31. The van der Waals surface area contributed by atoms with E-state index in [0.717, 1.165) is 40.8 Å². The van der Waals surface area contributed by atoms with E-state index in [9.17, 15) is 9.59 Å². The maximum Gasteiger partial charge on any atom is 0.222 e. The van der Waals surface area contributed by atoms with Crippen molar-refractivity contribution in [3.8, 4) is 16.9 Å². The minimum Gasteiger partial charge on any atom is -0.489 e. The molecule has 194 valence electrons. The van der Waals surface area contributed by atoms with Crippen molar-refractivity contribution in [1.82, 2.24) is 10.3 Å². The zero-order chi connectivity index (χ0) is 26.6. The van der Waals surface area contributed by atoms with Gasteiger partial charge in [-0.05, 0) is 81.8 Å². The van der Waals surface area contributed by atoms with Crippen LogP contribution in [0, 0.1) is 5.92 Å². The lowest BCUT2D eigenvalue weighted by Gasteiger charge is -2.46. The number of nitrogens with zero attached hydrogens (tertiary/aromatic N) is 1. The number of aromatic nitrogens is 1. The van der Waals surface area contributed by atoms with Gasteiger partial charge in [-0.2, -0.15) is 0 Å². The van der Waals surface area contributed by atoms with E-state index in [2.05, 4.69) is 43.3 Å². The van der Waals surface area contributed by atoms with Crippen molar-refractivity contribution in [2.75, 3.05) is 5.32 Å². The van der Waals surface area contributed by atoms with Gasteiger partial charge in [0, 0.05) is 41.7 Å². The van der Waals surface area contributed by atoms with E-state index in [1.807, 2.05) is 54.6 Å². The van der Waals surface area contributed by atoms with Crippen LogP contribution in [0.25, 0.3) is 11.1 Å². The standard InChI is InChI=1S/C31H37N3O3/c1-21(35)33-29-14-13-26(19-32-29)25-7-6-8-27(16-25)37-20-22-9-11-24(12-10-22)28(36)15-23-17-30(2,3)34-31(4,5)18-23/h6-14,16,19,23,34H,15,17-18,20H2,1-5H3,(H,32,33,35). The first kappa shape index (κ1) is 26.6. The van der Waals surface area contributed by atoms with E-state index in [1.165, 1.54) is 6.92 Å². The highest BCUT2D eigenvalue weighted by molar-refractivity contribution is 5.96. The number of Topliss-reactive ketones (excluding diaryl/α,β-unsaturated/α-hetero) is 1. The van der Waals surface area contributed by atoms with Crippen molar-refractivity contribution in [2.24, 2.45) is 5.92 Å². The maximum absolute atomic E-state index is 13.0. The van der Waals surface area contributed by atoms with Crippen molar-refractivity contribution in [3.05, 3.63) is 78.0 Å². The van der Waals surface area contributed by atoms with Crippen LogP contribution in [0.4, 0.5) is 5.82 Å². The lowest BCUT2D eigenvalue weighted by Crippen LogP contribution is -2.57. The van der Waals surface area contributed by atoms with E-state index >= 15 is 0 Å². The number of ether oxygens (including phenoxy) is 1. The summed E-state index contributed by atoms with van der Waals surface area (Å²) >= 11 is 0. The van der Waals surface area contributed by atoms with Crippen molar-refractivity contribution in [1.29, 1.82) is 0 Å². The molecule has 0 saturated carbocycles. The van der Waals surface area contributed by atoms with Crippen LogP contribution in [0.1, 0.15) is 69.8 Å². The predicted molar refractivity (Wildman–Crippen MR) is 148 cm³/mol. The van der Waals surface area contributed by atoms with Crippen LogP contribution in [0.15, 0.2) is 66.9 Å². The summed E-state index contributed by atoms with van der Waals surface area (Å²) in [6.45, 7) is 10.7. The molecule has 0 radical (unpaired) electrons. The molecule has 4 rings (SSSR count). The smallest absolute Gasteiger partial charge is 0.222 e. The topological polar surface area (TPSA) is 80.3 Å². The number of hydrogen-bond donors (Lipinski definition) is 2. The Labute approximate surface area is 219 Å². The van der Waals surface area contributed by atoms with Gasteiger partial charge < -0.3 is 15.4 Å². The maximum atomic E-state index is 13.0. The normalized spacial score (nSPS) is 16.7. The fourth-order valence-corrected chi connectivity index (χ4v) is 5.60. The molecule has 0 aliphatic carbocycles. The minimum absolute atomic E-state index is 0.0395. The Morgan fingerprint density at radius 2 is 1.68 bits per heavy atom. The van der Waals surface area contributed by atoms with Crippen molar-refractivity contribution >= 4 is 17.5 Å². The van der Waals surface area contributed by atoms with Gasteiger partial charge in [0.1, 0.15) is 18.2 Å². The molecule has 1 aliphatic heterocycles. The summed E-state index contributed by atoms with van der Waals surface area (Å²) < 4.78 is 6.03. The second kappa shape index (κ2) is 10.9. The largest absolute Gasteiger partial charge is 0.489 e. The van der Waals surface area contributed by atoms with Crippen LogP contribution in [0.2, 0.25) is 0 Å². The molecule has 0 unspecified atom stereocenters. The molecule has 1 saturated heterocycles. The van der Waals surface area contributed by atoms with Crippen LogP contribution in [-0.4, -0.2) is 27.8 Å². The molecule has 0 spiro atoms. The van der Waals surface area contributed by atoms with Gasteiger partial charge in [-0.1, -0.05) is 36.4 Å². The SMILES string of the molecule is CC(=O)Nc1ccc(-c2cccc(OCc3ccc(C(=O)CC4CC(C)(C)NC(C)(C)C4)cc3)c2)cn1. The lowest BCUT2D eigenvalue weighted by molar-refractivity contribution is -0.114. The van der Waals surface area contributed by atoms with E-state index in [4.69, 9.17) is 4.74 Å². The monoisotopic (exact) mass is 499 g/mol.